The Morgan fingerprint density at radius 3 is 2.08 bits per heavy atom. The molecule has 1 aliphatic rings. The van der Waals surface area contributed by atoms with Crippen molar-refractivity contribution in [2.45, 2.75) is 32.1 Å². The van der Waals surface area contributed by atoms with Gasteiger partial charge in [0.05, 0.1) is 0 Å². The van der Waals surface area contributed by atoms with Crippen LogP contribution in [0.25, 0.3) is 0 Å². The number of allylic oxidation sites excluding steroid dienone is 1. The zero-order valence-electron chi connectivity index (χ0n) is 14.1. The third kappa shape index (κ3) is 4.48. The van der Waals surface area contributed by atoms with Gasteiger partial charge in [-0.25, -0.2) is 0 Å². The monoisotopic (exact) mass is 331 g/mol. The van der Waals surface area contributed by atoms with Gasteiger partial charge in [0.15, 0.2) is 0 Å². The molecule has 0 aliphatic heterocycles. The van der Waals surface area contributed by atoms with E-state index < -0.39 is 0 Å². The summed E-state index contributed by atoms with van der Waals surface area (Å²) in [5.74, 6) is -0.303. The van der Waals surface area contributed by atoms with Gasteiger partial charge in [-0.05, 0) is 67.7 Å². The van der Waals surface area contributed by atoms with Gasteiger partial charge in [-0.3, -0.25) is 4.79 Å². The summed E-state index contributed by atoms with van der Waals surface area (Å²) in [4.78, 5) is 12.4. The van der Waals surface area contributed by atoms with Crippen LogP contribution in [0.2, 0.25) is 0 Å². The summed E-state index contributed by atoms with van der Waals surface area (Å²) >= 11 is 0. The molecule has 0 atom stereocenters. The Morgan fingerprint density at radius 1 is 0.840 bits per heavy atom. The molecule has 4 heteroatoms. The molecule has 0 saturated heterocycles. The standard InChI is InChI=1S/C21H21N3O/c22-15-20(16-7-3-1-4-8-16)21(25)24-19-13-11-18(12-14-19)23-17-9-5-2-6-10-17/h2,5-6,9-14,23H,1,3-4,7-8H2,(H,24,25). The Kier molecular flexibility index (Phi) is 5.48. The first kappa shape index (κ1) is 16.8. The summed E-state index contributed by atoms with van der Waals surface area (Å²) in [7, 11) is 0. The first-order valence-corrected chi connectivity index (χ1v) is 8.62. The predicted molar refractivity (Wildman–Crippen MR) is 101 cm³/mol. The highest BCUT2D eigenvalue weighted by atomic mass is 16.1. The minimum Gasteiger partial charge on any atom is -0.356 e. The molecule has 4 nitrogen and oxygen atoms in total. The predicted octanol–water partition coefficient (Wildman–Crippen LogP) is 5.15. The van der Waals surface area contributed by atoms with Crippen LogP contribution in [0.15, 0.2) is 65.7 Å². The van der Waals surface area contributed by atoms with Gasteiger partial charge >= 0.3 is 0 Å². The molecule has 126 valence electrons. The van der Waals surface area contributed by atoms with Crippen LogP contribution in [0.3, 0.4) is 0 Å². The third-order valence-electron chi connectivity index (χ3n) is 4.35. The van der Waals surface area contributed by atoms with Gasteiger partial charge in [-0.1, -0.05) is 24.6 Å². The molecule has 0 spiro atoms. The van der Waals surface area contributed by atoms with E-state index in [0.29, 0.717) is 5.69 Å². The number of carbonyl (C=O) groups is 1. The minimum absolute atomic E-state index is 0.284. The molecule has 2 aromatic rings. The molecule has 1 amide bonds. The molecule has 0 heterocycles. The Bertz CT molecular complexity index is 793. The molecule has 0 aromatic heterocycles. The average Bonchev–Trinajstić information content (AvgIpc) is 2.66. The Morgan fingerprint density at radius 2 is 1.44 bits per heavy atom. The van der Waals surface area contributed by atoms with Crippen molar-refractivity contribution >= 4 is 23.0 Å². The number of para-hydroxylation sites is 1. The van der Waals surface area contributed by atoms with E-state index in [2.05, 4.69) is 16.7 Å². The second kappa shape index (κ2) is 8.16. The number of nitrogens with zero attached hydrogens (tertiary/aromatic N) is 1. The van der Waals surface area contributed by atoms with Gasteiger partial charge in [0, 0.05) is 17.1 Å². The number of nitriles is 1. The lowest BCUT2D eigenvalue weighted by Crippen LogP contribution is -2.16. The van der Waals surface area contributed by atoms with Gasteiger partial charge < -0.3 is 10.6 Å². The van der Waals surface area contributed by atoms with Crippen LogP contribution in [0.1, 0.15) is 32.1 Å². The molecule has 0 bridgehead atoms. The number of hydrogen-bond acceptors (Lipinski definition) is 3. The summed E-state index contributed by atoms with van der Waals surface area (Å²) in [5.41, 5.74) is 3.91. The van der Waals surface area contributed by atoms with Crippen LogP contribution >= 0.6 is 0 Å². The third-order valence-corrected chi connectivity index (χ3v) is 4.35. The van der Waals surface area contributed by atoms with Crippen LogP contribution in [-0.2, 0) is 4.79 Å². The van der Waals surface area contributed by atoms with Gasteiger partial charge in [0.25, 0.3) is 5.91 Å². The second-order valence-electron chi connectivity index (χ2n) is 6.17. The second-order valence-corrected chi connectivity index (χ2v) is 6.17. The van der Waals surface area contributed by atoms with Crippen molar-refractivity contribution in [3.8, 4) is 6.07 Å². The van der Waals surface area contributed by atoms with Crippen molar-refractivity contribution in [3.05, 3.63) is 65.7 Å². The number of hydrogen-bond donors (Lipinski definition) is 2. The summed E-state index contributed by atoms with van der Waals surface area (Å²) in [5, 5.41) is 15.5. The van der Waals surface area contributed by atoms with Crippen molar-refractivity contribution in [2.75, 3.05) is 10.6 Å². The Hall–Kier alpha value is -3.06. The van der Waals surface area contributed by atoms with Crippen LogP contribution in [0, 0.1) is 11.3 Å². The Balaban J connectivity index is 1.66. The summed E-state index contributed by atoms with van der Waals surface area (Å²) in [6, 6.07) is 19.5. The number of benzene rings is 2. The fraction of sp³-hybridized carbons (Fsp3) is 0.238. The molecular formula is C21H21N3O. The number of anilines is 3. The van der Waals surface area contributed by atoms with E-state index in [1.54, 1.807) is 0 Å². The zero-order valence-corrected chi connectivity index (χ0v) is 14.1. The maximum Gasteiger partial charge on any atom is 0.266 e. The van der Waals surface area contributed by atoms with Gasteiger partial charge in [0.1, 0.15) is 11.6 Å². The molecule has 2 aromatic carbocycles. The van der Waals surface area contributed by atoms with E-state index >= 15 is 0 Å². The molecule has 3 rings (SSSR count). The molecular weight excluding hydrogens is 310 g/mol. The molecule has 1 fully saturated rings. The number of nitrogens with one attached hydrogen (secondary N) is 2. The van der Waals surface area contributed by atoms with Gasteiger partial charge in [-0.15, -0.1) is 0 Å². The lowest BCUT2D eigenvalue weighted by Gasteiger charge is -2.15. The fourth-order valence-electron chi connectivity index (χ4n) is 3.04. The van der Waals surface area contributed by atoms with Crippen LogP contribution in [-0.4, -0.2) is 5.91 Å². The number of carbonyl (C=O) groups excluding carboxylic acids is 1. The van der Waals surface area contributed by atoms with Crippen molar-refractivity contribution in [2.24, 2.45) is 0 Å². The number of rotatable bonds is 4. The van der Waals surface area contributed by atoms with E-state index in [9.17, 15) is 10.1 Å². The van der Waals surface area contributed by atoms with Crippen molar-refractivity contribution < 1.29 is 4.79 Å². The highest BCUT2D eigenvalue weighted by Gasteiger charge is 2.17. The van der Waals surface area contributed by atoms with Crippen LogP contribution in [0.5, 0.6) is 0 Å². The normalized spacial score (nSPS) is 13.6. The van der Waals surface area contributed by atoms with Crippen molar-refractivity contribution in [3.63, 3.8) is 0 Å². The highest BCUT2D eigenvalue weighted by Crippen LogP contribution is 2.26. The summed E-state index contributed by atoms with van der Waals surface area (Å²) in [6.45, 7) is 0. The largest absolute Gasteiger partial charge is 0.356 e. The maximum atomic E-state index is 12.4. The average molecular weight is 331 g/mol. The van der Waals surface area contributed by atoms with Crippen molar-refractivity contribution in [1.82, 2.24) is 0 Å². The van der Waals surface area contributed by atoms with E-state index in [0.717, 1.165) is 42.6 Å². The van der Waals surface area contributed by atoms with Crippen LogP contribution in [0.4, 0.5) is 17.1 Å². The molecule has 0 radical (unpaired) electrons. The van der Waals surface area contributed by atoms with E-state index in [1.165, 1.54) is 6.42 Å². The fourth-order valence-corrected chi connectivity index (χ4v) is 3.04. The minimum atomic E-state index is -0.303. The van der Waals surface area contributed by atoms with E-state index in [-0.39, 0.29) is 11.5 Å². The molecule has 0 unspecified atom stereocenters. The highest BCUT2D eigenvalue weighted by molar-refractivity contribution is 6.07. The first-order chi connectivity index (χ1) is 12.3. The first-order valence-electron chi connectivity index (χ1n) is 8.62. The summed E-state index contributed by atoms with van der Waals surface area (Å²) in [6.07, 6.45) is 5.02. The quantitative estimate of drug-likeness (QED) is 0.601. The zero-order chi connectivity index (χ0) is 17.5. The van der Waals surface area contributed by atoms with E-state index in [1.807, 2.05) is 54.6 Å². The van der Waals surface area contributed by atoms with Crippen molar-refractivity contribution in [1.29, 1.82) is 5.26 Å². The molecule has 2 N–H and O–H groups in total. The topological polar surface area (TPSA) is 64.9 Å². The molecule has 1 saturated carbocycles. The van der Waals surface area contributed by atoms with Gasteiger partial charge in [-0.2, -0.15) is 5.26 Å². The SMILES string of the molecule is N#CC(C(=O)Nc1ccc(Nc2ccccc2)cc1)=C1CCCCC1. The number of amides is 1. The maximum absolute atomic E-state index is 12.4. The smallest absolute Gasteiger partial charge is 0.266 e. The Labute approximate surface area is 148 Å². The van der Waals surface area contributed by atoms with Crippen LogP contribution < -0.4 is 10.6 Å². The molecule has 1 aliphatic carbocycles. The lowest BCUT2D eigenvalue weighted by atomic mass is 9.91. The van der Waals surface area contributed by atoms with Gasteiger partial charge in [0.2, 0.25) is 0 Å². The summed E-state index contributed by atoms with van der Waals surface area (Å²) < 4.78 is 0. The van der Waals surface area contributed by atoms with E-state index in [4.69, 9.17) is 0 Å². The lowest BCUT2D eigenvalue weighted by molar-refractivity contribution is -0.112. The molecule has 25 heavy (non-hydrogen) atoms.